The normalized spacial score (nSPS) is 14.3. The van der Waals surface area contributed by atoms with Gasteiger partial charge in [0, 0.05) is 25.7 Å². The van der Waals surface area contributed by atoms with E-state index in [0.717, 1.165) is 108 Å². The van der Waals surface area contributed by atoms with Crippen LogP contribution in [0.1, 0.15) is 395 Å². The Morgan fingerprint density at radius 1 is 0.302 bits per heavy atom. The Bertz CT molecular complexity index is 1870. The number of carbonyl (C=O) groups is 4. The molecule has 3 N–H and O–H groups in total. The fraction of sp³-hybridized carbons (Fsp3) is 0.948. The highest BCUT2D eigenvalue weighted by Gasteiger charge is 2.30. The molecular weight excluding hydrogens is 1260 g/mol. The van der Waals surface area contributed by atoms with Crippen LogP contribution in [0.15, 0.2) is 0 Å². The first-order valence-electron chi connectivity index (χ1n) is 39.9. The van der Waals surface area contributed by atoms with Gasteiger partial charge in [-0.05, 0) is 43.4 Å². The lowest BCUT2D eigenvalue weighted by Crippen LogP contribution is -2.30. The van der Waals surface area contributed by atoms with Crippen LogP contribution in [0.3, 0.4) is 0 Å². The van der Waals surface area contributed by atoms with Crippen molar-refractivity contribution in [2.24, 2.45) is 17.8 Å². The molecule has 3 unspecified atom stereocenters. The van der Waals surface area contributed by atoms with Crippen molar-refractivity contribution in [3.05, 3.63) is 0 Å². The summed E-state index contributed by atoms with van der Waals surface area (Å²) in [6, 6.07) is 0. The minimum atomic E-state index is -4.96. The summed E-state index contributed by atoms with van der Waals surface area (Å²) in [5.74, 6) is 0.267. The summed E-state index contributed by atoms with van der Waals surface area (Å²) < 4.78 is 68.5. The van der Waals surface area contributed by atoms with E-state index in [4.69, 9.17) is 37.0 Å². The van der Waals surface area contributed by atoms with E-state index in [0.29, 0.717) is 25.7 Å². The molecule has 570 valence electrons. The van der Waals surface area contributed by atoms with Gasteiger partial charge in [-0.1, -0.05) is 344 Å². The van der Waals surface area contributed by atoms with Gasteiger partial charge in [-0.2, -0.15) is 0 Å². The molecule has 0 radical (unpaired) electrons. The van der Waals surface area contributed by atoms with Gasteiger partial charge >= 0.3 is 39.5 Å². The molecule has 0 bridgehead atoms. The summed E-state index contributed by atoms with van der Waals surface area (Å²) in [5, 5.41) is 10.6. The van der Waals surface area contributed by atoms with Crippen LogP contribution in [0.4, 0.5) is 0 Å². The largest absolute Gasteiger partial charge is 0.472 e. The SMILES string of the molecule is CCCCCCCCCCCC(=O)OC[C@H](COP(=O)(O)OC[C@H](O)COP(=O)(O)OC[C@@H](COC(=O)CCCCCCCCCCCCCC(C)C)OC(=O)CCCCCCCCCCCCCCCCCCC(C)C)OC(=O)CCCCCCCCCCCCC(C)CC. The van der Waals surface area contributed by atoms with Crippen molar-refractivity contribution in [3.8, 4) is 0 Å². The highest BCUT2D eigenvalue weighted by Crippen LogP contribution is 2.45. The highest BCUT2D eigenvalue weighted by atomic mass is 31.2. The van der Waals surface area contributed by atoms with Gasteiger partial charge in [-0.15, -0.1) is 0 Å². The van der Waals surface area contributed by atoms with E-state index in [1.807, 2.05) is 0 Å². The first-order chi connectivity index (χ1) is 46.3. The fourth-order valence-electron chi connectivity index (χ4n) is 11.7. The Hall–Kier alpha value is -1.94. The van der Waals surface area contributed by atoms with Crippen molar-refractivity contribution in [1.82, 2.24) is 0 Å². The summed E-state index contributed by atoms with van der Waals surface area (Å²) >= 11 is 0. The molecule has 6 atom stereocenters. The van der Waals surface area contributed by atoms with Gasteiger partial charge in [-0.3, -0.25) is 37.3 Å². The third-order valence-corrected chi connectivity index (χ3v) is 20.1. The number of unbranched alkanes of at least 4 members (excludes halogenated alkanes) is 42. The summed E-state index contributed by atoms with van der Waals surface area (Å²) in [5.41, 5.74) is 0. The number of hydrogen-bond donors (Lipinski definition) is 3. The zero-order valence-electron chi connectivity index (χ0n) is 62.8. The lowest BCUT2D eigenvalue weighted by atomic mass is 9.99. The molecule has 0 rings (SSSR count). The molecule has 0 saturated carbocycles. The van der Waals surface area contributed by atoms with E-state index in [2.05, 4.69) is 48.5 Å². The topological polar surface area (TPSA) is 237 Å². The van der Waals surface area contributed by atoms with Crippen LogP contribution < -0.4 is 0 Å². The van der Waals surface area contributed by atoms with E-state index in [1.165, 1.54) is 205 Å². The molecule has 0 aromatic rings. The van der Waals surface area contributed by atoms with E-state index in [9.17, 15) is 43.2 Å². The Kier molecular flexibility index (Phi) is 66.2. The van der Waals surface area contributed by atoms with Gasteiger partial charge in [0.2, 0.25) is 0 Å². The predicted molar refractivity (Wildman–Crippen MR) is 391 cm³/mol. The average molecular weight is 1410 g/mol. The molecule has 0 aliphatic rings. The van der Waals surface area contributed by atoms with Gasteiger partial charge in [0.1, 0.15) is 19.3 Å². The second-order valence-corrected chi connectivity index (χ2v) is 31.8. The third-order valence-electron chi connectivity index (χ3n) is 18.2. The maximum Gasteiger partial charge on any atom is 0.472 e. The first-order valence-corrected chi connectivity index (χ1v) is 42.9. The van der Waals surface area contributed by atoms with Gasteiger partial charge in [0.25, 0.3) is 0 Å². The number of esters is 4. The van der Waals surface area contributed by atoms with Gasteiger partial charge in [-0.25, -0.2) is 9.13 Å². The summed E-state index contributed by atoms with van der Waals surface area (Å²) in [7, 11) is -9.91. The lowest BCUT2D eigenvalue weighted by Gasteiger charge is -2.21. The van der Waals surface area contributed by atoms with Crippen molar-refractivity contribution in [2.45, 2.75) is 414 Å². The predicted octanol–water partition coefficient (Wildman–Crippen LogP) is 22.6. The fourth-order valence-corrected chi connectivity index (χ4v) is 13.3. The molecule has 19 heteroatoms. The average Bonchev–Trinajstić information content (AvgIpc) is 1.07. The van der Waals surface area contributed by atoms with Crippen molar-refractivity contribution in [2.75, 3.05) is 39.6 Å². The maximum absolute atomic E-state index is 13.1. The Morgan fingerprint density at radius 2 is 0.531 bits per heavy atom. The molecule has 0 aromatic heterocycles. The number of carbonyl (C=O) groups excluding carboxylic acids is 4. The van der Waals surface area contributed by atoms with Crippen LogP contribution in [0, 0.1) is 17.8 Å². The molecular formula is C77H150O17P2. The zero-order chi connectivity index (χ0) is 70.9. The Morgan fingerprint density at radius 3 is 0.792 bits per heavy atom. The second kappa shape index (κ2) is 67.5. The Balaban J connectivity index is 5.23. The maximum atomic E-state index is 13.1. The summed E-state index contributed by atoms with van der Waals surface area (Å²) in [6.07, 6.45) is 54.0. The van der Waals surface area contributed by atoms with Crippen LogP contribution in [-0.4, -0.2) is 96.7 Å². The number of phosphoric acid groups is 2. The molecule has 0 saturated heterocycles. The standard InChI is InChI=1S/C77H150O17P2/c1-8-10-11-12-13-27-37-44-51-58-74(79)87-64-72(94-77(82)61-54-47-40-33-26-25-30-36-43-50-57-70(7)9-2)66-91-95(83,84)89-62-71(78)63-90-96(85,86)92-67-73(65-88-75(80)59-52-45-38-31-24-20-22-29-35-42-49-56-69(5)6)93-76(81)60-53-46-39-32-23-19-17-15-14-16-18-21-28-34-41-48-55-68(3)4/h68-73,78H,8-67H2,1-7H3,(H,83,84)(H,85,86)/t70?,71-,72+,73+/m0/s1. The van der Waals surface area contributed by atoms with Crippen LogP contribution in [0.5, 0.6) is 0 Å². The van der Waals surface area contributed by atoms with Crippen LogP contribution in [-0.2, 0) is 65.4 Å². The molecule has 0 aromatic carbocycles. The molecule has 0 fully saturated rings. The van der Waals surface area contributed by atoms with Gasteiger partial charge < -0.3 is 33.8 Å². The monoisotopic (exact) mass is 1410 g/mol. The van der Waals surface area contributed by atoms with Gasteiger partial charge in [0.05, 0.1) is 26.4 Å². The van der Waals surface area contributed by atoms with Crippen molar-refractivity contribution < 1.29 is 80.2 Å². The van der Waals surface area contributed by atoms with E-state index >= 15 is 0 Å². The van der Waals surface area contributed by atoms with Crippen LogP contribution in [0.2, 0.25) is 0 Å². The molecule has 0 amide bonds. The molecule has 0 heterocycles. The number of hydrogen-bond acceptors (Lipinski definition) is 15. The summed E-state index contributed by atoms with van der Waals surface area (Å²) in [6.45, 7) is 12.0. The van der Waals surface area contributed by atoms with Crippen molar-refractivity contribution in [1.29, 1.82) is 0 Å². The smallest absolute Gasteiger partial charge is 0.462 e. The number of ether oxygens (including phenoxy) is 4. The number of aliphatic hydroxyl groups is 1. The first kappa shape index (κ1) is 94.1. The van der Waals surface area contributed by atoms with Gasteiger partial charge in [0.15, 0.2) is 12.2 Å². The Labute approximate surface area is 588 Å². The highest BCUT2D eigenvalue weighted by molar-refractivity contribution is 7.47. The zero-order valence-corrected chi connectivity index (χ0v) is 64.6. The quantitative estimate of drug-likeness (QED) is 0.0222. The summed E-state index contributed by atoms with van der Waals surface area (Å²) in [4.78, 5) is 72.8. The number of phosphoric ester groups is 2. The molecule has 17 nitrogen and oxygen atoms in total. The minimum Gasteiger partial charge on any atom is -0.462 e. The molecule has 0 aliphatic heterocycles. The minimum absolute atomic E-state index is 0.106. The van der Waals surface area contributed by atoms with Crippen molar-refractivity contribution in [3.63, 3.8) is 0 Å². The van der Waals surface area contributed by atoms with E-state index in [1.54, 1.807) is 0 Å². The second-order valence-electron chi connectivity index (χ2n) is 28.9. The third kappa shape index (κ3) is 69.2. The van der Waals surface area contributed by atoms with Crippen LogP contribution in [0.25, 0.3) is 0 Å². The molecule has 0 aliphatic carbocycles. The number of rotatable bonds is 75. The molecule has 96 heavy (non-hydrogen) atoms. The van der Waals surface area contributed by atoms with Crippen LogP contribution >= 0.6 is 15.6 Å². The lowest BCUT2D eigenvalue weighted by molar-refractivity contribution is -0.161. The van der Waals surface area contributed by atoms with E-state index in [-0.39, 0.29) is 25.7 Å². The van der Waals surface area contributed by atoms with E-state index < -0.39 is 97.5 Å². The number of aliphatic hydroxyl groups excluding tert-OH is 1. The molecule has 0 spiro atoms. The van der Waals surface area contributed by atoms with Crippen molar-refractivity contribution >= 4 is 39.5 Å².